The van der Waals surface area contributed by atoms with Crippen LogP contribution in [-0.2, 0) is 11.3 Å². The molecule has 6 heteroatoms. The molecule has 5 nitrogen and oxygen atoms in total. The zero-order chi connectivity index (χ0) is 17.1. The van der Waals surface area contributed by atoms with Gasteiger partial charge < -0.3 is 14.8 Å². The van der Waals surface area contributed by atoms with Crippen molar-refractivity contribution in [3.63, 3.8) is 0 Å². The number of rotatable bonds is 5. The molecule has 1 aliphatic heterocycles. The first kappa shape index (κ1) is 16.1. The summed E-state index contributed by atoms with van der Waals surface area (Å²) in [6, 6.07) is 10.6. The molecule has 0 saturated carbocycles. The van der Waals surface area contributed by atoms with E-state index in [1.165, 1.54) is 13.2 Å². The molecule has 0 spiro atoms. The van der Waals surface area contributed by atoms with Crippen LogP contribution in [0.4, 0.5) is 20.6 Å². The fourth-order valence-electron chi connectivity index (χ4n) is 2.61. The number of aryl methyl sites for hydroxylation is 1. The van der Waals surface area contributed by atoms with Crippen LogP contribution in [0.5, 0.6) is 5.75 Å². The zero-order valence-corrected chi connectivity index (χ0v) is 13.6. The van der Waals surface area contributed by atoms with E-state index in [1.807, 2.05) is 31.2 Å². The number of nitrogens with zero attached hydrogens (tertiary/aromatic N) is 1. The molecule has 1 fully saturated rings. The number of carbonyl (C=O) groups is 1. The predicted octanol–water partition coefficient (Wildman–Crippen LogP) is 3.71. The first-order valence-corrected chi connectivity index (χ1v) is 7.69. The van der Waals surface area contributed by atoms with Gasteiger partial charge in [0.15, 0.2) is 11.6 Å². The van der Waals surface area contributed by atoms with Crippen molar-refractivity contribution in [3.05, 3.63) is 53.3 Å². The van der Waals surface area contributed by atoms with Crippen LogP contribution in [0.3, 0.4) is 0 Å². The third-order valence-electron chi connectivity index (χ3n) is 3.99. The second kappa shape index (κ2) is 6.78. The van der Waals surface area contributed by atoms with Crippen molar-refractivity contribution in [2.24, 2.45) is 0 Å². The Kier molecular flexibility index (Phi) is 4.55. The lowest BCUT2D eigenvalue weighted by Gasteiger charge is -2.16. The quantitative estimate of drug-likeness (QED) is 0.908. The summed E-state index contributed by atoms with van der Waals surface area (Å²) < 4.78 is 23.6. The molecule has 1 amide bonds. The van der Waals surface area contributed by atoms with Crippen molar-refractivity contribution >= 4 is 17.5 Å². The summed E-state index contributed by atoms with van der Waals surface area (Å²) in [6.07, 6.45) is -0.331. The number of nitrogens with one attached hydrogen (secondary N) is 1. The van der Waals surface area contributed by atoms with Gasteiger partial charge >= 0.3 is 6.09 Å². The fourth-order valence-corrected chi connectivity index (χ4v) is 2.61. The van der Waals surface area contributed by atoms with Gasteiger partial charge in [-0.05, 0) is 42.3 Å². The van der Waals surface area contributed by atoms with Gasteiger partial charge in [0, 0.05) is 17.9 Å². The number of hydrogen-bond acceptors (Lipinski definition) is 4. The molecule has 0 aromatic heterocycles. The van der Waals surface area contributed by atoms with Gasteiger partial charge in [-0.2, -0.15) is 0 Å². The molecular weight excluding hydrogens is 311 g/mol. The van der Waals surface area contributed by atoms with E-state index in [0.29, 0.717) is 19.7 Å². The molecule has 24 heavy (non-hydrogen) atoms. The summed E-state index contributed by atoms with van der Waals surface area (Å²) in [7, 11) is 1.44. The second-order valence-electron chi connectivity index (χ2n) is 5.59. The summed E-state index contributed by atoms with van der Waals surface area (Å²) in [5, 5.41) is 3.29. The predicted molar refractivity (Wildman–Crippen MR) is 90.2 cm³/mol. The van der Waals surface area contributed by atoms with E-state index in [4.69, 9.17) is 9.47 Å². The number of methoxy groups -OCH3 is 1. The molecule has 0 aliphatic carbocycles. The highest BCUT2D eigenvalue weighted by Crippen LogP contribution is 2.26. The van der Waals surface area contributed by atoms with Gasteiger partial charge in [-0.15, -0.1) is 0 Å². The van der Waals surface area contributed by atoms with E-state index in [0.717, 1.165) is 22.5 Å². The minimum absolute atomic E-state index is 0.226. The largest absolute Gasteiger partial charge is 0.494 e. The number of carbonyl (C=O) groups excluding carboxylic acids is 1. The zero-order valence-electron chi connectivity index (χ0n) is 13.6. The van der Waals surface area contributed by atoms with E-state index in [-0.39, 0.29) is 17.7 Å². The van der Waals surface area contributed by atoms with E-state index in [2.05, 4.69) is 5.32 Å². The standard InChI is InChI=1S/C18H19FN2O3/c1-12-3-5-14(21-7-8-24-18(21)22)10-16(12)20-11-13-4-6-17(23-2)15(19)9-13/h3-6,9-10,20H,7-8,11H2,1-2H3. The van der Waals surface area contributed by atoms with Crippen molar-refractivity contribution < 1.29 is 18.7 Å². The molecule has 3 rings (SSSR count). The highest BCUT2D eigenvalue weighted by molar-refractivity contribution is 5.90. The second-order valence-corrected chi connectivity index (χ2v) is 5.59. The highest BCUT2D eigenvalue weighted by atomic mass is 19.1. The number of hydrogen-bond donors (Lipinski definition) is 1. The van der Waals surface area contributed by atoms with Crippen molar-refractivity contribution in [1.29, 1.82) is 0 Å². The van der Waals surface area contributed by atoms with Crippen LogP contribution < -0.4 is 15.0 Å². The van der Waals surface area contributed by atoms with Gasteiger partial charge in [-0.1, -0.05) is 12.1 Å². The van der Waals surface area contributed by atoms with Crippen LogP contribution in [0.2, 0.25) is 0 Å². The van der Waals surface area contributed by atoms with E-state index >= 15 is 0 Å². The lowest BCUT2D eigenvalue weighted by atomic mass is 10.1. The number of ether oxygens (including phenoxy) is 2. The maximum absolute atomic E-state index is 13.8. The lowest BCUT2D eigenvalue weighted by molar-refractivity contribution is 0.181. The monoisotopic (exact) mass is 330 g/mol. The molecule has 1 heterocycles. The Morgan fingerprint density at radius 1 is 1.29 bits per heavy atom. The topological polar surface area (TPSA) is 50.8 Å². The van der Waals surface area contributed by atoms with Crippen LogP contribution in [0.15, 0.2) is 36.4 Å². The van der Waals surface area contributed by atoms with E-state index in [9.17, 15) is 9.18 Å². The number of cyclic esters (lactones) is 1. The van der Waals surface area contributed by atoms with Crippen LogP contribution >= 0.6 is 0 Å². The normalized spacial score (nSPS) is 13.8. The van der Waals surface area contributed by atoms with Gasteiger partial charge in [-0.25, -0.2) is 9.18 Å². The third-order valence-corrected chi connectivity index (χ3v) is 3.99. The number of anilines is 2. The minimum atomic E-state index is -0.387. The molecule has 0 bridgehead atoms. The van der Waals surface area contributed by atoms with Crippen molar-refractivity contribution in [1.82, 2.24) is 0 Å². The Labute approximate surface area is 140 Å². The van der Waals surface area contributed by atoms with Gasteiger partial charge in [0.1, 0.15) is 6.61 Å². The van der Waals surface area contributed by atoms with Crippen molar-refractivity contribution in [3.8, 4) is 5.75 Å². The Hall–Kier alpha value is -2.76. The Balaban J connectivity index is 1.75. The number of halogens is 1. The van der Waals surface area contributed by atoms with E-state index < -0.39 is 0 Å². The summed E-state index contributed by atoms with van der Waals surface area (Å²) in [4.78, 5) is 13.3. The molecule has 126 valence electrons. The lowest BCUT2D eigenvalue weighted by Crippen LogP contribution is -2.23. The Bertz CT molecular complexity index is 764. The van der Waals surface area contributed by atoms with Gasteiger partial charge in [0.2, 0.25) is 0 Å². The molecular formula is C18H19FN2O3. The Morgan fingerprint density at radius 3 is 2.79 bits per heavy atom. The average Bonchev–Trinajstić information content (AvgIpc) is 3.00. The fraction of sp³-hybridized carbons (Fsp3) is 0.278. The molecule has 1 N–H and O–H groups in total. The SMILES string of the molecule is COc1ccc(CNc2cc(N3CCOC3=O)ccc2C)cc1F. The third kappa shape index (κ3) is 3.27. The molecule has 0 radical (unpaired) electrons. The summed E-state index contributed by atoms with van der Waals surface area (Å²) in [5.74, 6) is -0.161. The number of benzene rings is 2. The Morgan fingerprint density at radius 2 is 2.12 bits per heavy atom. The molecule has 0 unspecified atom stereocenters. The molecule has 1 aliphatic rings. The van der Waals surface area contributed by atoms with Crippen LogP contribution in [-0.4, -0.2) is 26.4 Å². The van der Waals surface area contributed by atoms with Crippen LogP contribution in [0.25, 0.3) is 0 Å². The molecule has 0 atom stereocenters. The number of amides is 1. The van der Waals surface area contributed by atoms with Gasteiger partial charge in [0.05, 0.1) is 13.7 Å². The average molecular weight is 330 g/mol. The highest BCUT2D eigenvalue weighted by Gasteiger charge is 2.23. The molecule has 1 saturated heterocycles. The first-order valence-electron chi connectivity index (χ1n) is 7.69. The summed E-state index contributed by atoms with van der Waals surface area (Å²) in [6.45, 7) is 3.39. The minimum Gasteiger partial charge on any atom is -0.494 e. The maximum atomic E-state index is 13.8. The molecule has 2 aromatic carbocycles. The first-order chi connectivity index (χ1) is 11.6. The van der Waals surface area contributed by atoms with Gasteiger partial charge in [0.25, 0.3) is 0 Å². The van der Waals surface area contributed by atoms with Crippen molar-refractivity contribution in [2.45, 2.75) is 13.5 Å². The maximum Gasteiger partial charge on any atom is 0.414 e. The molecule has 2 aromatic rings. The van der Waals surface area contributed by atoms with Crippen LogP contribution in [0.1, 0.15) is 11.1 Å². The van der Waals surface area contributed by atoms with Crippen molar-refractivity contribution in [2.75, 3.05) is 30.5 Å². The van der Waals surface area contributed by atoms with E-state index in [1.54, 1.807) is 11.0 Å². The van der Waals surface area contributed by atoms with Gasteiger partial charge in [-0.3, -0.25) is 4.90 Å². The summed E-state index contributed by atoms with van der Waals surface area (Å²) >= 11 is 0. The smallest absolute Gasteiger partial charge is 0.414 e. The van der Waals surface area contributed by atoms with Crippen LogP contribution in [0, 0.1) is 12.7 Å². The summed E-state index contributed by atoms with van der Waals surface area (Å²) in [5.41, 5.74) is 3.52.